The molecular weight excluding hydrogens is 114 g/mol. The third-order valence-electron chi connectivity index (χ3n) is 1.77. The standard InChI is InChI=1S/C7H12NO/c9-5-3-7-2-1-4-8-6-7/h7-8H,1-4,6H2. The number of hydrogen-bond acceptors (Lipinski definition) is 2. The van der Waals surface area contributed by atoms with Crippen molar-refractivity contribution in [1.29, 1.82) is 0 Å². The van der Waals surface area contributed by atoms with Crippen LogP contribution in [0.3, 0.4) is 0 Å². The highest BCUT2D eigenvalue weighted by atomic mass is 16.1. The molecule has 1 heterocycles. The molecule has 1 aliphatic heterocycles. The molecule has 0 aliphatic carbocycles. The van der Waals surface area contributed by atoms with Crippen LogP contribution in [0.5, 0.6) is 0 Å². The minimum absolute atomic E-state index is 0.566. The van der Waals surface area contributed by atoms with E-state index in [1.807, 2.05) is 6.29 Å². The van der Waals surface area contributed by atoms with E-state index < -0.39 is 0 Å². The Balaban J connectivity index is 2.15. The Labute approximate surface area is 55.6 Å². The van der Waals surface area contributed by atoms with Crippen LogP contribution in [0.2, 0.25) is 0 Å². The van der Waals surface area contributed by atoms with E-state index in [2.05, 4.69) is 5.32 Å². The highest BCUT2D eigenvalue weighted by Gasteiger charge is 2.11. The van der Waals surface area contributed by atoms with Gasteiger partial charge in [0.1, 0.15) is 0 Å². The number of nitrogens with one attached hydrogen (secondary N) is 1. The molecule has 1 rings (SSSR count). The zero-order valence-corrected chi connectivity index (χ0v) is 5.52. The summed E-state index contributed by atoms with van der Waals surface area (Å²) in [5.74, 6) is 0.566. The van der Waals surface area contributed by atoms with Gasteiger partial charge in [0.05, 0.1) is 0 Å². The lowest BCUT2D eigenvalue weighted by molar-refractivity contribution is 0.381. The van der Waals surface area contributed by atoms with Gasteiger partial charge in [-0.05, 0) is 31.8 Å². The summed E-state index contributed by atoms with van der Waals surface area (Å²) < 4.78 is 0. The van der Waals surface area contributed by atoms with E-state index >= 15 is 0 Å². The van der Waals surface area contributed by atoms with Gasteiger partial charge in [-0.1, -0.05) is 0 Å². The third kappa shape index (κ3) is 2.14. The lowest BCUT2D eigenvalue weighted by Crippen LogP contribution is -2.29. The van der Waals surface area contributed by atoms with Gasteiger partial charge < -0.3 is 5.32 Å². The highest BCUT2D eigenvalue weighted by molar-refractivity contribution is 5.50. The monoisotopic (exact) mass is 126 g/mol. The summed E-state index contributed by atoms with van der Waals surface area (Å²) in [6, 6.07) is 0. The smallest absolute Gasteiger partial charge is 0.198 e. The van der Waals surface area contributed by atoms with Gasteiger partial charge in [0.25, 0.3) is 0 Å². The molecule has 0 amide bonds. The molecule has 1 fully saturated rings. The first kappa shape index (κ1) is 6.75. The van der Waals surface area contributed by atoms with Gasteiger partial charge in [-0.3, -0.25) is 4.79 Å². The van der Waals surface area contributed by atoms with Crippen molar-refractivity contribution in [3.63, 3.8) is 0 Å². The second-order valence-corrected chi connectivity index (χ2v) is 2.56. The molecule has 0 aromatic rings. The minimum atomic E-state index is 0.566. The van der Waals surface area contributed by atoms with Gasteiger partial charge in [-0.2, -0.15) is 0 Å². The van der Waals surface area contributed by atoms with Crippen molar-refractivity contribution in [1.82, 2.24) is 5.32 Å². The summed E-state index contributed by atoms with van der Waals surface area (Å²) in [4.78, 5) is 9.92. The van der Waals surface area contributed by atoms with Gasteiger partial charge in [0.2, 0.25) is 0 Å². The van der Waals surface area contributed by atoms with Crippen LogP contribution < -0.4 is 5.32 Å². The van der Waals surface area contributed by atoms with E-state index in [9.17, 15) is 4.79 Å². The number of piperidine rings is 1. The molecule has 1 saturated heterocycles. The first-order valence-corrected chi connectivity index (χ1v) is 3.49. The Kier molecular flexibility index (Phi) is 2.71. The van der Waals surface area contributed by atoms with Gasteiger partial charge in [-0.15, -0.1) is 0 Å². The van der Waals surface area contributed by atoms with Crippen molar-refractivity contribution in [3.05, 3.63) is 0 Å². The van der Waals surface area contributed by atoms with Crippen molar-refractivity contribution in [2.45, 2.75) is 19.3 Å². The molecule has 0 bridgehead atoms. The SMILES string of the molecule is O=[C]CC1CCCNC1. The average molecular weight is 126 g/mol. The first-order chi connectivity index (χ1) is 4.43. The Hall–Kier alpha value is -0.370. The van der Waals surface area contributed by atoms with Crippen LogP contribution in [0.25, 0.3) is 0 Å². The molecule has 0 saturated carbocycles. The van der Waals surface area contributed by atoms with Crippen molar-refractivity contribution >= 4 is 6.29 Å². The maximum Gasteiger partial charge on any atom is 0.198 e. The zero-order valence-electron chi connectivity index (χ0n) is 5.52. The van der Waals surface area contributed by atoms with E-state index in [0.29, 0.717) is 12.3 Å². The van der Waals surface area contributed by atoms with Crippen LogP contribution >= 0.6 is 0 Å². The number of rotatable bonds is 2. The predicted octanol–water partition coefficient (Wildman–Crippen LogP) is 0.486. The van der Waals surface area contributed by atoms with E-state index in [0.717, 1.165) is 13.1 Å². The summed E-state index contributed by atoms with van der Waals surface area (Å²) in [5.41, 5.74) is 0. The Bertz CT molecular complexity index is 86.9. The molecule has 2 nitrogen and oxygen atoms in total. The van der Waals surface area contributed by atoms with Crippen LogP contribution in [0.1, 0.15) is 19.3 Å². The van der Waals surface area contributed by atoms with Crippen molar-refractivity contribution in [2.75, 3.05) is 13.1 Å². The lowest BCUT2D eigenvalue weighted by atomic mass is 9.97. The first-order valence-electron chi connectivity index (χ1n) is 3.49. The Morgan fingerprint density at radius 1 is 1.67 bits per heavy atom. The van der Waals surface area contributed by atoms with E-state index in [-0.39, 0.29) is 0 Å². The van der Waals surface area contributed by atoms with E-state index in [4.69, 9.17) is 0 Å². The molecule has 51 valence electrons. The summed E-state index contributed by atoms with van der Waals surface area (Å²) in [5, 5.41) is 3.24. The number of hydrogen-bond donors (Lipinski definition) is 1. The zero-order chi connectivity index (χ0) is 6.53. The second-order valence-electron chi connectivity index (χ2n) is 2.56. The average Bonchev–Trinajstić information content (AvgIpc) is 1.91. The van der Waals surface area contributed by atoms with Crippen molar-refractivity contribution < 1.29 is 4.79 Å². The fraction of sp³-hybridized carbons (Fsp3) is 0.857. The van der Waals surface area contributed by atoms with Gasteiger partial charge in [-0.25, -0.2) is 0 Å². The molecule has 0 spiro atoms. The van der Waals surface area contributed by atoms with E-state index in [1.54, 1.807) is 0 Å². The van der Waals surface area contributed by atoms with Gasteiger partial charge in [0, 0.05) is 6.42 Å². The molecule has 1 radical (unpaired) electrons. The van der Waals surface area contributed by atoms with Crippen LogP contribution in [0, 0.1) is 5.92 Å². The molecule has 1 aliphatic rings. The fourth-order valence-corrected chi connectivity index (χ4v) is 1.22. The Morgan fingerprint density at radius 3 is 3.11 bits per heavy atom. The molecule has 0 aromatic carbocycles. The molecule has 1 N–H and O–H groups in total. The van der Waals surface area contributed by atoms with Crippen LogP contribution in [-0.2, 0) is 4.79 Å². The highest BCUT2D eigenvalue weighted by Crippen LogP contribution is 2.11. The molecule has 1 unspecified atom stereocenters. The van der Waals surface area contributed by atoms with Gasteiger partial charge >= 0.3 is 0 Å². The van der Waals surface area contributed by atoms with Crippen LogP contribution in [0.4, 0.5) is 0 Å². The molecule has 9 heavy (non-hydrogen) atoms. The van der Waals surface area contributed by atoms with Crippen molar-refractivity contribution in [3.8, 4) is 0 Å². The predicted molar refractivity (Wildman–Crippen MR) is 35.9 cm³/mol. The maximum absolute atomic E-state index is 9.92. The van der Waals surface area contributed by atoms with Gasteiger partial charge in [0.15, 0.2) is 6.29 Å². The maximum atomic E-state index is 9.92. The van der Waals surface area contributed by atoms with Crippen molar-refractivity contribution in [2.24, 2.45) is 5.92 Å². The summed E-state index contributed by atoms with van der Waals surface area (Å²) in [6.45, 7) is 2.13. The number of carbonyl (C=O) groups excluding carboxylic acids is 1. The third-order valence-corrected chi connectivity index (χ3v) is 1.77. The quantitative estimate of drug-likeness (QED) is 0.583. The summed E-state index contributed by atoms with van der Waals surface area (Å²) in [6.07, 6.45) is 4.98. The molecule has 2 heteroatoms. The molecular formula is C7H12NO. The lowest BCUT2D eigenvalue weighted by Gasteiger charge is -2.19. The van der Waals surface area contributed by atoms with Crippen LogP contribution in [-0.4, -0.2) is 19.4 Å². The largest absolute Gasteiger partial charge is 0.316 e. The normalized spacial score (nSPS) is 27.8. The topological polar surface area (TPSA) is 29.1 Å². The van der Waals surface area contributed by atoms with E-state index in [1.165, 1.54) is 12.8 Å². The fourth-order valence-electron chi connectivity index (χ4n) is 1.22. The Morgan fingerprint density at radius 2 is 2.56 bits per heavy atom. The summed E-state index contributed by atoms with van der Waals surface area (Å²) in [7, 11) is 0. The molecule has 1 atom stereocenters. The molecule has 0 aromatic heterocycles. The minimum Gasteiger partial charge on any atom is -0.316 e. The van der Waals surface area contributed by atoms with Crippen LogP contribution in [0.15, 0.2) is 0 Å². The summed E-state index contributed by atoms with van der Waals surface area (Å²) >= 11 is 0. The second kappa shape index (κ2) is 3.62.